The highest BCUT2D eigenvalue weighted by Crippen LogP contribution is 2.41. The fourth-order valence-corrected chi connectivity index (χ4v) is 2.90. The zero-order chi connectivity index (χ0) is 15.2. The molecule has 3 rings (SSSR count). The SMILES string of the molecule is CC1(C)COc2ccc(C(Cl)c3cccc(F)c3F)cc21. The summed E-state index contributed by atoms with van der Waals surface area (Å²) in [5.74, 6) is -0.955. The van der Waals surface area contributed by atoms with Crippen molar-refractivity contribution in [2.24, 2.45) is 0 Å². The minimum absolute atomic E-state index is 0.109. The van der Waals surface area contributed by atoms with Crippen molar-refractivity contribution in [2.45, 2.75) is 24.6 Å². The Morgan fingerprint density at radius 1 is 1.19 bits per heavy atom. The van der Waals surface area contributed by atoms with Crippen LogP contribution in [0.3, 0.4) is 0 Å². The third-order valence-corrected chi connectivity index (χ3v) is 4.36. The third-order valence-electron chi connectivity index (χ3n) is 3.87. The highest BCUT2D eigenvalue weighted by atomic mass is 35.5. The van der Waals surface area contributed by atoms with Crippen molar-refractivity contribution in [2.75, 3.05) is 6.61 Å². The van der Waals surface area contributed by atoms with Gasteiger partial charge in [0.2, 0.25) is 0 Å². The van der Waals surface area contributed by atoms with Crippen molar-refractivity contribution < 1.29 is 13.5 Å². The van der Waals surface area contributed by atoms with Crippen LogP contribution in [0.5, 0.6) is 5.75 Å². The zero-order valence-corrected chi connectivity index (χ0v) is 12.5. The molecular formula is C17H15ClF2O. The molecule has 1 nitrogen and oxygen atoms in total. The van der Waals surface area contributed by atoms with Crippen LogP contribution in [0.15, 0.2) is 36.4 Å². The molecule has 1 unspecified atom stereocenters. The van der Waals surface area contributed by atoms with Gasteiger partial charge in [0, 0.05) is 16.5 Å². The number of benzene rings is 2. The van der Waals surface area contributed by atoms with E-state index in [0.717, 1.165) is 22.9 Å². The average Bonchev–Trinajstić information content (AvgIpc) is 2.76. The van der Waals surface area contributed by atoms with Crippen molar-refractivity contribution in [1.82, 2.24) is 0 Å². The van der Waals surface area contributed by atoms with Crippen molar-refractivity contribution in [1.29, 1.82) is 0 Å². The second-order valence-corrected chi connectivity index (χ2v) is 6.37. The maximum atomic E-state index is 13.9. The molecule has 110 valence electrons. The first-order valence-electron chi connectivity index (χ1n) is 6.75. The number of hydrogen-bond donors (Lipinski definition) is 0. The highest BCUT2D eigenvalue weighted by molar-refractivity contribution is 6.22. The molecule has 0 amide bonds. The molecule has 2 aromatic carbocycles. The Hall–Kier alpha value is -1.61. The summed E-state index contributed by atoms with van der Waals surface area (Å²) in [6, 6.07) is 9.61. The lowest BCUT2D eigenvalue weighted by Gasteiger charge is -2.18. The summed E-state index contributed by atoms with van der Waals surface area (Å²) in [5.41, 5.74) is 1.82. The Balaban J connectivity index is 2.03. The maximum absolute atomic E-state index is 13.9. The van der Waals surface area contributed by atoms with E-state index in [1.54, 1.807) is 6.07 Å². The number of hydrogen-bond acceptors (Lipinski definition) is 1. The number of ether oxygens (including phenoxy) is 1. The van der Waals surface area contributed by atoms with Gasteiger partial charge in [-0.25, -0.2) is 8.78 Å². The molecule has 0 radical (unpaired) electrons. The minimum Gasteiger partial charge on any atom is -0.492 e. The van der Waals surface area contributed by atoms with Crippen molar-refractivity contribution in [3.63, 3.8) is 0 Å². The molecule has 21 heavy (non-hydrogen) atoms. The molecule has 0 aliphatic carbocycles. The summed E-state index contributed by atoms with van der Waals surface area (Å²) in [4.78, 5) is 0. The molecule has 2 aromatic rings. The average molecular weight is 309 g/mol. The molecule has 0 saturated carbocycles. The lowest BCUT2D eigenvalue weighted by Crippen LogP contribution is -2.18. The van der Waals surface area contributed by atoms with Gasteiger partial charge in [-0.1, -0.05) is 32.0 Å². The van der Waals surface area contributed by atoms with Crippen LogP contribution in [0.2, 0.25) is 0 Å². The molecule has 1 atom stereocenters. The van der Waals surface area contributed by atoms with Crippen molar-refractivity contribution >= 4 is 11.6 Å². The topological polar surface area (TPSA) is 9.23 Å². The number of alkyl halides is 1. The molecule has 4 heteroatoms. The van der Waals surface area contributed by atoms with Crippen LogP contribution in [0.4, 0.5) is 8.78 Å². The summed E-state index contributed by atoms with van der Waals surface area (Å²) in [6.45, 7) is 4.76. The van der Waals surface area contributed by atoms with Crippen LogP contribution in [0.25, 0.3) is 0 Å². The van der Waals surface area contributed by atoms with Gasteiger partial charge in [-0.15, -0.1) is 11.6 Å². The first kappa shape index (κ1) is 14.3. The normalized spacial score (nSPS) is 17.2. The van der Waals surface area contributed by atoms with Crippen LogP contribution in [0.1, 0.15) is 35.9 Å². The molecule has 0 fully saturated rings. The van der Waals surface area contributed by atoms with Gasteiger partial charge in [-0.3, -0.25) is 0 Å². The Bertz CT molecular complexity index is 697. The molecule has 0 bridgehead atoms. The second kappa shape index (κ2) is 4.99. The summed E-state index contributed by atoms with van der Waals surface area (Å²) < 4.78 is 32.8. The standard InChI is InChI=1S/C17H15ClF2O/c1-17(2)9-21-14-7-6-10(8-12(14)17)15(18)11-4-3-5-13(19)16(11)20/h3-8,15H,9H2,1-2H3. The molecule has 0 N–H and O–H groups in total. The maximum Gasteiger partial charge on any atom is 0.163 e. The summed E-state index contributed by atoms with van der Waals surface area (Å²) in [7, 11) is 0. The lowest BCUT2D eigenvalue weighted by atomic mass is 9.85. The fourth-order valence-electron chi connectivity index (χ4n) is 2.59. The smallest absolute Gasteiger partial charge is 0.163 e. The van der Waals surface area contributed by atoms with Crippen LogP contribution in [0, 0.1) is 11.6 Å². The van der Waals surface area contributed by atoms with Gasteiger partial charge in [-0.2, -0.15) is 0 Å². The van der Waals surface area contributed by atoms with Gasteiger partial charge in [0.05, 0.1) is 12.0 Å². The third kappa shape index (κ3) is 2.40. The Morgan fingerprint density at radius 2 is 1.95 bits per heavy atom. The van der Waals surface area contributed by atoms with E-state index >= 15 is 0 Å². The highest BCUT2D eigenvalue weighted by Gasteiger charge is 2.32. The van der Waals surface area contributed by atoms with Crippen molar-refractivity contribution in [3.05, 3.63) is 64.7 Å². The monoisotopic (exact) mass is 308 g/mol. The Morgan fingerprint density at radius 3 is 2.71 bits per heavy atom. The van der Waals surface area contributed by atoms with Crippen molar-refractivity contribution in [3.8, 4) is 5.75 Å². The van der Waals surface area contributed by atoms with E-state index in [-0.39, 0.29) is 11.0 Å². The molecule has 0 aromatic heterocycles. The summed E-state index contributed by atoms with van der Waals surface area (Å²) >= 11 is 6.36. The van der Waals surface area contributed by atoms with Gasteiger partial charge >= 0.3 is 0 Å². The van der Waals surface area contributed by atoms with E-state index in [0.29, 0.717) is 6.61 Å². The van der Waals surface area contributed by atoms with E-state index in [1.807, 2.05) is 12.1 Å². The minimum atomic E-state index is -0.895. The molecule has 1 heterocycles. The molecule has 0 saturated heterocycles. The lowest BCUT2D eigenvalue weighted by molar-refractivity contribution is 0.291. The molecule has 1 aliphatic heterocycles. The van der Waals surface area contributed by atoms with E-state index < -0.39 is 17.0 Å². The Labute approximate surface area is 127 Å². The Kier molecular flexibility index (Phi) is 3.40. The van der Waals surface area contributed by atoms with Crippen LogP contribution in [-0.4, -0.2) is 6.61 Å². The van der Waals surface area contributed by atoms with Gasteiger partial charge in [0.15, 0.2) is 11.6 Å². The largest absolute Gasteiger partial charge is 0.492 e. The van der Waals surface area contributed by atoms with E-state index in [9.17, 15) is 8.78 Å². The molecule has 1 aliphatic rings. The van der Waals surface area contributed by atoms with Gasteiger partial charge < -0.3 is 4.74 Å². The van der Waals surface area contributed by atoms with E-state index in [2.05, 4.69) is 13.8 Å². The summed E-state index contributed by atoms with van der Waals surface area (Å²) in [5, 5.41) is -0.734. The number of fused-ring (bicyclic) bond motifs is 1. The quantitative estimate of drug-likeness (QED) is 0.712. The zero-order valence-electron chi connectivity index (χ0n) is 11.8. The van der Waals surface area contributed by atoms with Crippen LogP contribution in [-0.2, 0) is 5.41 Å². The van der Waals surface area contributed by atoms with Gasteiger partial charge in [0.25, 0.3) is 0 Å². The van der Waals surface area contributed by atoms with Gasteiger partial charge in [0.1, 0.15) is 5.75 Å². The van der Waals surface area contributed by atoms with Gasteiger partial charge in [-0.05, 0) is 23.8 Å². The summed E-state index contributed by atoms with van der Waals surface area (Å²) in [6.07, 6.45) is 0. The van der Waals surface area contributed by atoms with E-state index in [4.69, 9.17) is 16.3 Å². The molecular weight excluding hydrogens is 294 g/mol. The van der Waals surface area contributed by atoms with Crippen LogP contribution >= 0.6 is 11.6 Å². The predicted octanol–water partition coefficient (Wildman–Crippen LogP) is 4.96. The fraction of sp³-hybridized carbons (Fsp3) is 0.294. The molecule has 0 spiro atoms. The van der Waals surface area contributed by atoms with E-state index in [1.165, 1.54) is 12.1 Å². The predicted molar refractivity (Wildman–Crippen MR) is 79.0 cm³/mol. The number of halogens is 3. The van der Waals surface area contributed by atoms with Crippen LogP contribution < -0.4 is 4.74 Å². The first-order valence-corrected chi connectivity index (χ1v) is 7.19. The first-order chi connectivity index (χ1) is 9.90. The second-order valence-electron chi connectivity index (χ2n) is 5.93. The number of rotatable bonds is 2.